The van der Waals surface area contributed by atoms with Crippen molar-refractivity contribution in [3.63, 3.8) is 0 Å². The fourth-order valence-electron chi connectivity index (χ4n) is 8.54. The average molecular weight is 953 g/mol. The summed E-state index contributed by atoms with van der Waals surface area (Å²) in [6.45, 7) is 5.96. The summed E-state index contributed by atoms with van der Waals surface area (Å²) in [4.78, 5) is 50.9. The van der Waals surface area contributed by atoms with Gasteiger partial charge in [0.1, 0.15) is 18.8 Å². The maximum Gasteiger partial charge on any atom is 0.335 e. The van der Waals surface area contributed by atoms with Crippen molar-refractivity contribution >= 4 is 23.9 Å². The summed E-state index contributed by atoms with van der Waals surface area (Å²) < 4.78 is 28.3. The van der Waals surface area contributed by atoms with E-state index >= 15 is 0 Å². The second-order valence-electron chi connectivity index (χ2n) is 19.2. The number of carbonyl (C=O) groups excluding carboxylic acids is 3. The Morgan fingerprint density at radius 1 is 0.478 bits per heavy atom. The molecule has 1 heterocycles. The maximum atomic E-state index is 13.1. The van der Waals surface area contributed by atoms with Crippen LogP contribution in [0.3, 0.4) is 0 Å². The molecule has 1 fully saturated rings. The van der Waals surface area contributed by atoms with Crippen molar-refractivity contribution in [2.45, 2.75) is 302 Å². The third kappa shape index (κ3) is 35.3. The molecule has 0 saturated carbocycles. The Morgan fingerprint density at radius 2 is 0.851 bits per heavy atom. The predicted octanol–water partition coefficient (Wildman–Crippen LogP) is 13.3. The summed E-state index contributed by atoms with van der Waals surface area (Å²) in [5.41, 5.74) is 0. The van der Waals surface area contributed by atoms with Crippen LogP contribution < -0.4 is 0 Å². The standard InChI is InChI=1S/C55H100O12/c1-4-7-10-13-16-19-22-24-27-29-32-35-38-41-47(56)63-44-46(65-48(57)42-39-36-33-30-26-21-18-15-12-9-6-3)45-64-55-53(51(60)50(59)52(67-55)54(61)62)66-49(58)43-40-37-34-31-28-25-23-20-17-14-11-8-5-2/h19,22,46,50-53,55,59-60H,4-18,20-21,23-45H2,1-3H3,(H,61,62)/b22-19-. The lowest BCUT2D eigenvalue weighted by Gasteiger charge is -2.40. The van der Waals surface area contributed by atoms with Gasteiger partial charge in [0.2, 0.25) is 0 Å². The predicted molar refractivity (Wildman–Crippen MR) is 267 cm³/mol. The van der Waals surface area contributed by atoms with E-state index in [1.807, 2.05) is 0 Å². The van der Waals surface area contributed by atoms with Gasteiger partial charge in [-0.05, 0) is 44.9 Å². The molecule has 392 valence electrons. The fourth-order valence-corrected chi connectivity index (χ4v) is 8.54. The van der Waals surface area contributed by atoms with Crippen molar-refractivity contribution in [3.8, 4) is 0 Å². The lowest BCUT2D eigenvalue weighted by molar-refractivity contribution is -0.301. The van der Waals surface area contributed by atoms with E-state index in [-0.39, 0.29) is 25.9 Å². The number of ether oxygens (including phenoxy) is 5. The SMILES string of the molecule is CCCCCC/C=C\CCCCCCCC(=O)OCC(COC1OC(C(=O)O)C(O)C(O)C1OC(=O)CCCCCCCCCCCCCCC)OC(=O)CCCCCCCCCCCCC. The van der Waals surface area contributed by atoms with Crippen LogP contribution in [0.25, 0.3) is 0 Å². The van der Waals surface area contributed by atoms with Gasteiger partial charge in [-0.2, -0.15) is 0 Å². The molecule has 1 aliphatic rings. The van der Waals surface area contributed by atoms with Crippen LogP contribution in [0.4, 0.5) is 0 Å². The summed E-state index contributed by atoms with van der Waals surface area (Å²) in [5.74, 6) is -3.10. The Kier molecular flexibility index (Phi) is 41.6. The molecule has 0 amide bonds. The van der Waals surface area contributed by atoms with E-state index in [1.54, 1.807) is 0 Å². The van der Waals surface area contributed by atoms with Gasteiger partial charge in [0.05, 0.1) is 6.61 Å². The van der Waals surface area contributed by atoms with E-state index in [0.717, 1.165) is 77.0 Å². The largest absolute Gasteiger partial charge is 0.479 e. The molecule has 0 aliphatic carbocycles. The highest BCUT2D eigenvalue weighted by Crippen LogP contribution is 2.26. The van der Waals surface area contributed by atoms with E-state index in [2.05, 4.69) is 32.9 Å². The first-order valence-corrected chi connectivity index (χ1v) is 27.7. The van der Waals surface area contributed by atoms with E-state index in [4.69, 9.17) is 23.7 Å². The fraction of sp³-hybridized carbons (Fsp3) is 0.891. The van der Waals surface area contributed by atoms with Crippen molar-refractivity contribution in [3.05, 3.63) is 12.2 Å². The molecule has 12 nitrogen and oxygen atoms in total. The van der Waals surface area contributed by atoms with Crippen LogP contribution in [0.15, 0.2) is 12.2 Å². The van der Waals surface area contributed by atoms with E-state index in [0.29, 0.717) is 19.3 Å². The van der Waals surface area contributed by atoms with Crippen LogP contribution in [0.2, 0.25) is 0 Å². The Labute approximate surface area is 407 Å². The highest BCUT2D eigenvalue weighted by Gasteiger charge is 2.50. The summed E-state index contributed by atoms with van der Waals surface area (Å²) in [6.07, 6.45) is 34.8. The topological polar surface area (TPSA) is 175 Å². The lowest BCUT2D eigenvalue weighted by atomic mass is 9.98. The average Bonchev–Trinajstić information content (AvgIpc) is 3.31. The van der Waals surface area contributed by atoms with Crippen molar-refractivity contribution in [1.82, 2.24) is 0 Å². The summed E-state index contributed by atoms with van der Waals surface area (Å²) in [7, 11) is 0. The molecule has 1 rings (SSSR count). The van der Waals surface area contributed by atoms with E-state index in [1.165, 1.54) is 128 Å². The minimum atomic E-state index is -1.89. The van der Waals surface area contributed by atoms with E-state index < -0.39 is 67.3 Å². The molecule has 1 aliphatic heterocycles. The van der Waals surface area contributed by atoms with Gasteiger partial charge in [0.25, 0.3) is 0 Å². The monoisotopic (exact) mass is 953 g/mol. The minimum absolute atomic E-state index is 0.0674. The second kappa shape index (κ2) is 44.7. The van der Waals surface area contributed by atoms with Crippen molar-refractivity contribution in [1.29, 1.82) is 0 Å². The minimum Gasteiger partial charge on any atom is -0.479 e. The first-order chi connectivity index (χ1) is 32.6. The molecule has 1 saturated heterocycles. The number of carboxylic acids is 1. The number of hydrogen-bond acceptors (Lipinski definition) is 11. The molecule has 0 aromatic carbocycles. The molecular formula is C55H100O12. The molecule has 0 radical (unpaired) electrons. The molecule has 0 aromatic heterocycles. The number of carbonyl (C=O) groups is 4. The van der Waals surface area contributed by atoms with Crippen molar-refractivity contribution < 1.29 is 58.2 Å². The summed E-state index contributed by atoms with van der Waals surface area (Å²) in [5, 5.41) is 31.3. The van der Waals surface area contributed by atoms with Crippen LogP contribution in [0, 0.1) is 0 Å². The summed E-state index contributed by atoms with van der Waals surface area (Å²) in [6, 6.07) is 0. The Morgan fingerprint density at radius 3 is 1.28 bits per heavy atom. The number of rotatable bonds is 47. The molecule has 3 N–H and O–H groups in total. The third-order valence-electron chi connectivity index (χ3n) is 12.8. The number of aliphatic hydroxyl groups excluding tert-OH is 2. The van der Waals surface area contributed by atoms with Gasteiger partial charge in [0, 0.05) is 19.3 Å². The van der Waals surface area contributed by atoms with Crippen LogP contribution >= 0.6 is 0 Å². The first kappa shape index (κ1) is 62.5. The quantitative estimate of drug-likeness (QED) is 0.0228. The van der Waals surface area contributed by atoms with Gasteiger partial charge >= 0.3 is 23.9 Å². The van der Waals surface area contributed by atoms with Gasteiger partial charge in [-0.3, -0.25) is 14.4 Å². The number of unbranched alkanes of at least 4 members (excludes halogenated alkanes) is 31. The highest BCUT2D eigenvalue weighted by molar-refractivity contribution is 5.74. The molecule has 12 heteroatoms. The maximum absolute atomic E-state index is 13.1. The second-order valence-corrected chi connectivity index (χ2v) is 19.2. The normalized spacial score (nSPS) is 18.9. The highest BCUT2D eigenvalue weighted by atomic mass is 16.7. The lowest BCUT2D eigenvalue weighted by Crippen LogP contribution is -2.61. The Balaban J connectivity index is 2.71. The van der Waals surface area contributed by atoms with Crippen molar-refractivity contribution in [2.75, 3.05) is 13.2 Å². The number of carboxylic acid groups (broad SMARTS) is 1. The third-order valence-corrected chi connectivity index (χ3v) is 12.8. The van der Waals surface area contributed by atoms with Crippen LogP contribution in [-0.4, -0.2) is 89.2 Å². The number of esters is 3. The van der Waals surface area contributed by atoms with Gasteiger partial charge in [-0.25, -0.2) is 4.79 Å². The molecule has 6 unspecified atom stereocenters. The zero-order chi connectivity index (χ0) is 49.0. The first-order valence-electron chi connectivity index (χ1n) is 27.7. The van der Waals surface area contributed by atoms with Gasteiger partial charge in [0.15, 0.2) is 24.6 Å². The Hall–Kier alpha value is -2.54. The number of aliphatic carboxylic acids is 1. The summed E-state index contributed by atoms with van der Waals surface area (Å²) >= 11 is 0. The number of hydrogen-bond donors (Lipinski definition) is 3. The van der Waals surface area contributed by atoms with Crippen LogP contribution in [0.5, 0.6) is 0 Å². The number of aliphatic hydroxyl groups is 2. The molecule has 6 atom stereocenters. The van der Waals surface area contributed by atoms with Crippen LogP contribution in [0.1, 0.15) is 265 Å². The Bertz CT molecular complexity index is 1230. The van der Waals surface area contributed by atoms with Crippen LogP contribution in [-0.2, 0) is 42.9 Å². The molecule has 0 bridgehead atoms. The molecule has 0 aromatic rings. The van der Waals surface area contributed by atoms with Gasteiger partial charge in [-0.15, -0.1) is 0 Å². The molecular weight excluding hydrogens is 853 g/mol. The zero-order valence-electron chi connectivity index (χ0n) is 42.9. The smallest absolute Gasteiger partial charge is 0.335 e. The number of allylic oxidation sites excluding steroid dienone is 2. The van der Waals surface area contributed by atoms with Crippen molar-refractivity contribution in [2.24, 2.45) is 0 Å². The van der Waals surface area contributed by atoms with Gasteiger partial charge < -0.3 is 39.0 Å². The van der Waals surface area contributed by atoms with E-state index in [9.17, 15) is 34.5 Å². The zero-order valence-corrected chi connectivity index (χ0v) is 42.9. The molecule has 67 heavy (non-hydrogen) atoms. The van der Waals surface area contributed by atoms with Gasteiger partial charge in [-0.1, -0.05) is 213 Å². The molecule has 0 spiro atoms.